The van der Waals surface area contributed by atoms with Gasteiger partial charge in [0, 0.05) is 25.2 Å². The third-order valence-electron chi connectivity index (χ3n) is 5.02. The quantitative estimate of drug-likeness (QED) is 0.769. The molecule has 0 aliphatic carbocycles. The Kier molecular flexibility index (Phi) is 6.64. The average Bonchev–Trinajstić information content (AvgIpc) is 3.12. The molecule has 1 N–H and O–H groups in total. The van der Waals surface area contributed by atoms with Crippen LogP contribution in [0.1, 0.15) is 49.3 Å². The molecule has 4 nitrogen and oxygen atoms in total. The summed E-state index contributed by atoms with van der Waals surface area (Å²) in [6.07, 6.45) is 5.45. The maximum Gasteiger partial charge on any atom is 0.227 e. The first-order chi connectivity index (χ1) is 13.2. The number of nitrogens with one attached hydrogen (secondary N) is 1. The molecule has 0 aromatic heterocycles. The molecule has 4 heteroatoms. The van der Waals surface area contributed by atoms with E-state index in [1.165, 1.54) is 18.4 Å². The number of hydrogen-bond donors (Lipinski definition) is 1. The monoisotopic (exact) mass is 364 g/mol. The van der Waals surface area contributed by atoms with E-state index in [9.17, 15) is 9.59 Å². The van der Waals surface area contributed by atoms with Gasteiger partial charge in [0.2, 0.25) is 11.8 Å². The van der Waals surface area contributed by atoms with Crippen molar-refractivity contribution < 1.29 is 9.59 Å². The second-order valence-electron chi connectivity index (χ2n) is 7.19. The molecule has 0 unspecified atom stereocenters. The van der Waals surface area contributed by atoms with Gasteiger partial charge in [0.15, 0.2) is 0 Å². The Labute approximate surface area is 161 Å². The van der Waals surface area contributed by atoms with E-state index in [1.54, 1.807) is 0 Å². The molecule has 0 radical (unpaired) electrons. The second kappa shape index (κ2) is 9.36. The van der Waals surface area contributed by atoms with E-state index in [0.29, 0.717) is 19.4 Å². The molecular weight excluding hydrogens is 336 g/mol. The van der Waals surface area contributed by atoms with Crippen molar-refractivity contribution in [2.24, 2.45) is 0 Å². The fourth-order valence-electron chi connectivity index (χ4n) is 3.37. The molecule has 1 aliphatic rings. The zero-order valence-corrected chi connectivity index (χ0v) is 16.0. The van der Waals surface area contributed by atoms with Crippen LogP contribution in [0.2, 0.25) is 0 Å². The number of anilines is 1. The minimum atomic E-state index is 0.0232. The van der Waals surface area contributed by atoms with Gasteiger partial charge in [-0.3, -0.25) is 9.59 Å². The molecule has 2 aromatic rings. The summed E-state index contributed by atoms with van der Waals surface area (Å²) in [6.45, 7) is 3.49. The third kappa shape index (κ3) is 5.43. The lowest BCUT2D eigenvalue weighted by atomic mass is 10.0. The Bertz CT molecular complexity index is 766. The predicted molar refractivity (Wildman–Crippen MR) is 109 cm³/mol. The van der Waals surface area contributed by atoms with E-state index >= 15 is 0 Å². The first kappa shape index (κ1) is 19.2. The van der Waals surface area contributed by atoms with Gasteiger partial charge in [0.05, 0.1) is 6.42 Å². The Hall–Kier alpha value is -2.62. The Morgan fingerprint density at radius 3 is 2.30 bits per heavy atom. The molecule has 1 fully saturated rings. The van der Waals surface area contributed by atoms with Crippen molar-refractivity contribution in [2.75, 3.05) is 11.4 Å². The lowest BCUT2D eigenvalue weighted by molar-refractivity contribution is -0.120. The van der Waals surface area contributed by atoms with Crippen LogP contribution in [0.25, 0.3) is 0 Å². The van der Waals surface area contributed by atoms with Crippen LogP contribution < -0.4 is 10.2 Å². The predicted octanol–water partition coefficient (Wildman–Crippen LogP) is 4.01. The van der Waals surface area contributed by atoms with Gasteiger partial charge >= 0.3 is 0 Å². The standard InChI is InChI=1S/C23H28N2O2/c1-2-3-5-18-7-9-19(10-8-18)16-22(26)24-17-20-11-13-21(14-12-20)25-15-4-6-23(25)27/h7-14H,2-6,15-17H2,1H3,(H,24,26). The van der Waals surface area contributed by atoms with E-state index < -0.39 is 0 Å². The molecule has 1 saturated heterocycles. The van der Waals surface area contributed by atoms with E-state index in [1.807, 2.05) is 41.3 Å². The van der Waals surface area contributed by atoms with Crippen molar-refractivity contribution in [1.82, 2.24) is 5.32 Å². The van der Waals surface area contributed by atoms with Crippen molar-refractivity contribution in [2.45, 2.75) is 52.0 Å². The molecular formula is C23H28N2O2. The first-order valence-electron chi connectivity index (χ1n) is 9.89. The molecule has 1 aliphatic heterocycles. The van der Waals surface area contributed by atoms with Crippen molar-refractivity contribution in [3.8, 4) is 0 Å². The van der Waals surface area contributed by atoms with E-state index in [0.717, 1.165) is 36.2 Å². The number of amides is 2. The fourth-order valence-corrected chi connectivity index (χ4v) is 3.37. The lowest BCUT2D eigenvalue weighted by Crippen LogP contribution is -2.25. The molecule has 0 bridgehead atoms. The van der Waals surface area contributed by atoms with Crippen LogP contribution in [0.5, 0.6) is 0 Å². The molecule has 1 heterocycles. The van der Waals surface area contributed by atoms with Crippen molar-refractivity contribution in [1.29, 1.82) is 0 Å². The fraction of sp³-hybridized carbons (Fsp3) is 0.391. The lowest BCUT2D eigenvalue weighted by Gasteiger charge is -2.16. The zero-order chi connectivity index (χ0) is 19.1. The number of nitrogens with zero attached hydrogens (tertiary/aromatic N) is 1. The topological polar surface area (TPSA) is 49.4 Å². The molecule has 3 rings (SSSR count). The van der Waals surface area contributed by atoms with Gasteiger partial charge in [-0.25, -0.2) is 0 Å². The summed E-state index contributed by atoms with van der Waals surface area (Å²) in [5.74, 6) is 0.215. The zero-order valence-electron chi connectivity index (χ0n) is 16.0. The summed E-state index contributed by atoms with van der Waals surface area (Å²) < 4.78 is 0. The number of carbonyl (C=O) groups is 2. The normalized spacial score (nSPS) is 13.8. The van der Waals surface area contributed by atoms with Crippen LogP contribution in [0.3, 0.4) is 0 Å². The van der Waals surface area contributed by atoms with Gasteiger partial charge in [-0.1, -0.05) is 49.7 Å². The molecule has 0 saturated carbocycles. The first-order valence-corrected chi connectivity index (χ1v) is 9.89. The summed E-state index contributed by atoms with van der Waals surface area (Å²) in [7, 11) is 0. The Balaban J connectivity index is 1.46. The molecule has 2 aromatic carbocycles. The highest BCUT2D eigenvalue weighted by Crippen LogP contribution is 2.21. The van der Waals surface area contributed by atoms with Crippen molar-refractivity contribution in [3.05, 3.63) is 65.2 Å². The van der Waals surface area contributed by atoms with Crippen LogP contribution in [-0.4, -0.2) is 18.4 Å². The van der Waals surface area contributed by atoms with E-state index in [4.69, 9.17) is 0 Å². The maximum atomic E-state index is 12.2. The van der Waals surface area contributed by atoms with Gasteiger partial charge in [-0.05, 0) is 48.1 Å². The number of aryl methyl sites for hydroxylation is 1. The Morgan fingerprint density at radius 1 is 1.00 bits per heavy atom. The molecule has 142 valence electrons. The SMILES string of the molecule is CCCCc1ccc(CC(=O)NCc2ccc(N3CCCC3=O)cc2)cc1. The highest BCUT2D eigenvalue weighted by Gasteiger charge is 2.21. The molecule has 27 heavy (non-hydrogen) atoms. The van der Waals surface area contributed by atoms with Crippen LogP contribution in [0.15, 0.2) is 48.5 Å². The maximum absolute atomic E-state index is 12.2. The van der Waals surface area contributed by atoms with Crippen molar-refractivity contribution >= 4 is 17.5 Å². The van der Waals surface area contributed by atoms with Crippen LogP contribution in [-0.2, 0) is 29.0 Å². The van der Waals surface area contributed by atoms with Crippen LogP contribution >= 0.6 is 0 Å². The molecule has 0 atom stereocenters. The van der Waals surface area contributed by atoms with Crippen molar-refractivity contribution in [3.63, 3.8) is 0 Å². The van der Waals surface area contributed by atoms with E-state index in [-0.39, 0.29) is 11.8 Å². The van der Waals surface area contributed by atoms with Gasteiger partial charge < -0.3 is 10.2 Å². The second-order valence-corrected chi connectivity index (χ2v) is 7.19. The number of rotatable bonds is 8. The number of carbonyl (C=O) groups excluding carboxylic acids is 2. The average molecular weight is 364 g/mol. The van der Waals surface area contributed by atoms with Gasteiger partial charge in [-0.15, -0.1) is 0 Å². The summed E-state index contributed by atoms with van der Waals surface area (Å²) >= 11 is 0. The number of unbranched alkanes of at least 4 members (excludes halogenated alkanes) is 1. The highest BCUT2D eigenvalue weighted by molar-refractivity contribution is 5.95. The smallest absolute Gasteiger partial charge is 0.227 e. The van der Waals surface area contributed by atoms with Gasteiger partial charge in [0.1, 0.15) is 0 Å². The van der Waals surface area contributed by atoms with Gasteiger partial charge in [-0.2, -0.15) is 0 Å². The minimum absolute atomic E-state index is 0.0232. The highest BCUT2D eigenvalue weighted by atomic mass is 16.2. The summed E-state index contributed by atoms with van der Waals surface area (Å²) in [4.78, 5) is 25.8. The molecule has 2 amide bonds. The van der Waals surface area contributed by atoms with Crippen LogP contribution in [0, 0.1) is 0 Å². The van der Waals surface area contributed by atoms with Gasteiger partial charge in [0.25, 0.3) is 0 Å². The molecule has 0 spiro atoms. The number of hydrogen-bond acceptors (Lipinski definition) is 2. The Morgan fingerprint density at radius 2 is 1.67 bits per heavy atom. The summed E-state index contributed by atoms with van der Waals surface area (Å²) in [5, 5.41) is 2.97. The number of benzene rings is 2. The minimum Gasteiger partial charge on any atom is -0.352 e. The van der Waals surface area contributed by atoms with Crippen LogP contribution in [0.4, 0.5) is 5.69 Å². The summed E-state index contributed by atoms with van der Waals surface area (Å²) in [6, 6.07) is 16.2. The third-order valence-corrected chi connectivity index (χ3v) is 5.02. The largest absolute Gasteiger partial charge is 0.352 e. The summed E-state index contributed by atoms with van der Waals surface area (Å²) in [5.41, 5.74) is 4.35. The van der Waals surface area contributed by atoms with E-state index in [2.05, 4.69) is 24.4 Å².